The van der Waals surface area contributed by atoms with Crippen LogP contribution in [0.5, 0.6) is 0 Å². The van der Waals surface area contributed by atoms with Gasteiger partial charge in [-0.2, -0.15) is 0 Å². The molecule has 1 heterocycles. The maximum atomic E-state index is 13.5. The monoisotopic (exact) mass is 231 g/mol. The molecule has 0 unspecified atom stereocenters. The van der Waals surface area contributed by atoms with Crippen LogP contribution in [0.15, 0.2) is 12.1 Å². The van der Waals surface area contributed by atoms with E-state index in [9.17, 15) is 8.78 Å². The Bertz CT molecular complexity index is 362. The van der Waals surface area contributed by atoms with Gasteiger partial charge in [-0.05, 0) is 49.5 Å². The van der Waals surface area contributed by atoms with Crippen molar-refractivity contribution >= 4 is 11.6 Å². The molecule has 82 valence electrons. The molecule has 0 spiro atoms. The number of rotatable bonds is 1. The quantitative estimate of drug-likeness (QED) is 0.733. The first-order valence-corrected chi connectivity index (χ1v) is 5.41. The second kappa shape index (κ2) is 4.45. The highest BCUT2D eigenvalue weighted by Crippen LogP contribution is 2.30. The number of halogens is 3. The van der Waals surface area contributed by atoms with E-state index in [1.165, 1.54) is 6.07 Å². The summed E-state index contributed by atoms with van der Waals surface area (Å²) in [6.45, 7) is 1.69. The highest BCUT2D eigenvalue weighted by molar-refractivity contribution is 6.30. The van der Waals surface area contributed by atoms with Crippen molar-refractivity contribution < 1.29 is 8.78 Å². The Morgan fingerprint density at radius 3 is 2.53 bits per heavy atom. The van der Waals surface area contributed by atoms with E-state index in [4.69, 9.17) is 11.6 Å². The lowest BCUT2D eigenvalue weighted by atomic mass is 9.90. The van der Waals surface area contributed by atoms with E-state index in [1.807, 2.05) is 0 Å². The first-order chi connectivity index (χ1) is 7.18. The Kier molecular flexibility index (Phi) is 3.22. The molecule has 1 aliphatic heterocycles. The average Bonchev–Trinajstić information content (AvgIpc) is 2.24. The van der Waals surface area contributed by atoms with Gasteiger partial charge in [0.2, 0.25) is 0 Å². The van der Waals surface area contributed by atoms with Gasteiger partial charge in [0.1, 0.15) is 0 Å². The zero-order valence-corrected chi connectivity index (χ0v) is 8.95. The van der Waals surface area contributed by atoms with Gasteiger partial charge >= 0.3 is 0 Å². The van der Waals surface area contributed by atoms with Gasteiger partial charge in [-0.15, -0.1) is 0 Å². The molecule has 1 nitrogen and oxygen atoms in total. The summed E-state index contributed by atoms with van der Waals surface area (Å²) in [5.41, 5.74) is 0.418. The van der Waals surface area contributed by atoms with Gasteiger partial charge in [0.15, 0.2) is 11.6 Å². The number of hydrogen-bond donors (Lipinski definition) is 1. The number of benzene rings is 1. The number of nitrogens with one attached hydrogen (secondary N) is 1. The normalized spacial score (nSPS) is 18.1. The first kappa shape index (κ1) is 10.8. The van der Waals surface area contributed by atoms with Crippen LogP contribution in [0, 0.1) is 11.6 Å². The second-order valence-corrected chi connectivity index (χ2v) is 4.25. The van der Waals surface area contributed by atoms with Crippen LogP contribution in [0.4, 0.5) is 8.78 Å². The zero-order chi connectivity index (χ0) is 10.8. The molecule has 1 aliphatic rings. The van der Waals surface area contributed by atoms with Gasteiger partial charge < -0.3 is 5.32 Å². The molecule has 0 aliphatic carbocycles. The Morgan fingerprint density at radius 2 is 1.87 bits per heavy atom. The predicted molar refractivity (Wildman–Crippen MR) is 56.2 cm³/mol. The van der Waals surface area contributed by atoms with Crippen molar-refractivity contribution in [2.75, 3.05) is 13.1 Å². The summed E-state index contributed by atoms with van der Waals surface area (Å²) in [4.78, 5) is 0. The van der Waals surface area contributed by atoms with Gasteiger partial charge in [-0.3, -0.25) is 0 Å². The molecule has 1 N–H and O–H groups in total. The summed E-state index contributed by atoms with van der Waals surface area (Å²) in [5, 5.41) is 3.45. The minimum atomic E-state index is -0.851. The molecule has 15 heavy (non-hydrogen) atoms. The molecule has 1 saturated heterocycles. The first-order valence-electron chi connectivity index (χ1n) is 5.03. The van der Waals surface area contributed by atoms with Crippen LogP contribution in [0.1, 0.15) is 24.3 Å². The van der Waals surface area contributed by atoms with E-state index in [1.54, 1.807) is 0 Å². The highest BCUT2D eigenvalue weighted by atomic mass is 35.5. The third-order valence-corrected chi connectivity index (χ3v) is 3.02. The lowest BCUT2D eigenvalue weighted by Gasteiger charge is -2.23. The summed E-state index contributed by atoms with van der Waals surface area (Å²) in [6.07, 6.45) is 1.66. The molecule has 0 radical (unpaired) electrons. The number of hydrogen-bond acceptors (Lipinski definition) is 1. The van der Waals surface area contributed by atoms with Crippen molar-refractivity contribution in [3.05, 3.63) is 34.4 Å². The minimum absolute atomic E-state index is 0.0828. The smallest absolute Gasteiger partial charge is 0.162 e. The fourth-order valence-electron chi connectivity index (χ4n) is 2.01. The third kappa shape index (κ3) is 2.29. The van der Waals surface area contributed by atoms with Gasteiger partial charge in [-0.1, -0.05) is 11.6 Å². The largest absolute Gasteiger partial charge is 0.317 e. The van der Waals surface area contributed by atoms with E-state index in [0.29, 0.717) is 5.56 Å². The number of piperidine rings is 1. The summed E-state index contributed by atoms with van der Waals surface area (Å²) >= 11 is 5.72. The summed E-state index contributed by atoms with van der Waals surface area (Å²) in [5.74, 6) is -1.51. The molecule has 0 saturated carbocycles. The van der Waals surface area contributed by atoms with E-state index in [0.717, 1.165) is 32.0 Å². The molecule has 1 fully saturated rings. The second-order valence-electron chi connectivity index (χ2n) is 3.82. The molecule has 4 heteroatoms. The maximum absolute atomic E-state index is 13.5. The lowest BCUT2D eigenvalue weighted by Crippen LogP contribution is -2.27. The highest BCUT2D eigenvalue weighted by Gasteiger charge is 2.21. The third-order valence-electron chi connectivity index (χ3n) is 2.80. The van der Waals surface area contributed by atoms with Gasteiger partial charge in [0.25, 0.3) is 0 Å². The SMILES string of the molecule is Fc1cc(Cl)cc(C2CCNCC2)c1F. The zero-order valence-electron chi connectivity index (χ0n) is 8.19. The van der Waals surface area contributed by atoms with E-state index < -0.39 is 11.6 Å². The van der Waals surface area contributed by atoms with Crippen LogP contribution in [-0.4, -0.2) is 13.1 Å². The Morgan fingerprint density at radius 1 is 1.20 bits per heavy atom. The Hall–Kier alpha value is -0.670. The standard InChI is InChI=1S/C11H12ClF2N/c12-8-5-9(11(14)10(13)6-8)7-1-3-15-4-2-7/h5-7,15H,1-4H2. The predicted octanol–water partition coefficient (Wildman–Crippen LogP) is 3.09. The summed E-state index contributed by atoms with van der Waals surface area (Å²) in [7, 11) is 0. The van der Waals surface area contributed by atoms with Gasteiger partial charge in [0, 0.05) is 5.02 Å². The molecule has 1 aromatic carbocycles. The molecule has 0 amide bonds. The molecular weight excluding hydrogens is 220 g/mol. The summed E-state index contributed by atoms with van der Waals surface area (Å²) in [6, 6.07) is 2.55. The van der Waals surface area contributed by atoms with Crippen LogP contribution >= 0.6 is 11.6 Å². The van der Waals surface area contributed by atoms with E-state index in [-0.39, 0.29) is 10.9 Å². The van der Waals surface area contributed by atoms with Crippen molar-refractivity contribution in [3.63, 3.8) is 0 Å². The van der Waals surface area contributed by atoms with Crippen LogP contribution in [0.3, 0.4) is 0 Å². The Labute approximate surface area is 92.4 Å². The molecule has 1 aromatic rings. The van der Waals surface area contributed by atoms with Crippen molar-refractivity contribution in [2.24, 2.45) is 0 Å². The molecular formula is C11H12ClF2N. The molecule has 0 aromatic heterocycles. The molecule has 2 rings (SSSR count). The van der Waals surface area contributed by atoms with E-state index >= 15 is 0 Å². The van der Waals surface area contributed by atoms with Crippen molar-refractivity contribution in [2.45, 2.75) is 18.8 Å². The lowest BCUT2D eigenvalue weighted by molar-refractivity contribution is 0.429. The summed E-state index contributed by atoms with van der Waals surface area (Å²) < 4.78 is 26.6. The van der Waals surface area contributed by atoms with Gasteiger partial charge in [-0.25, -0.2) is 8.78 Å². The van der Waals surface area contributed by atoms with Crippen molar-refractivity contribution in [1.29, 1.82) is 0 Å². The fourth-order valence-corrected chi connectivity index (χ4v) is 2.22. The van der Waals surface area contributed by atoms with Crippen LogP contribution < -0.4 is 5.32 Å². The molecule has 0 bridgehead atoms. The van der Waals surface area contributed by atoms with Crippen LogP contribution in [-0.2, 0) is 0 Å². The average molecular weight is 232 g/mol. The van der Waals surface area contributed by atoms with Crippen LogP contribution in [0.2, 0.25) is 5.02 Å². The Balaban J connectivity index is 2.33. The van der Waals surface area contributed by atoms with Crippen LogP contribution in [0.25, 0.3) is 0 Å². The van der Waals surface area contributed by atoms with Gasteiger partial charge in [0.05, 0.1) is 0 Å². The minimum Gasteiger partial charge on any atom is -0.317 e. The topological polar surface area (TPSA) is 12.0 Å². The van der Waals surface area contributed by atoms with Crippen molar-refractivity contribution in [3.8, 4) is 0 Å². The molecule has 0 atom stereocenters. The van der Waals surface area contributed by atoms with E-state index in [2.05, 4.69) is 5.32 Å². The fraction of sp³-hybridized carbons (Fsp3) is 0.455. The van der Waals surface area contributed by atoms with Crippen molar-refractivity contribution in [1.82, 2.24) is 5.32 Å². The maximum Gasteiger partial charge on any atom is 0.162 e.